The van der Waals surface area contributed by atoms with Crippen LogP contribution in [0.5, 0.6) is 0 Å². The number of nitrogens with zero attached hydrogens (tertiary/aromatic N) is 3. The van der Waals surface area contributed by atoms with E-state index in [1.807, 2.05) is 24.3 Å². The van der Waals surface area contributed by atoms with Crippen LogP contribution in [0.4, 0.5) is 0 Å². The molecular formula is C9H5N3OS. The van der Waals surface area contributed by atoms with Gasteiger partial charge in [-0.1, -0.05) is 12.1 Å². The van der Waals surface area contributed by atoms with E-state index in [0.717, 1.165) is 16.0 Å². The van der Waals surface area contributed by atoms with Gasteiger partial charge in [0.25, 0.3) is 0 Å². The lowest BCUT2D eigenvalue weighted by Crippen LogP contribution is -1.78. The van der Waals surface area contributed by atoms with Gasteiger partial charge in [-0.3, -0.25) is 0 Å². The Kier molecular flexibility index (Phi) is 1.63. The summed E-state index contributed by atoms with van der Waals surface area (Å²) in [5, 5.41) is 7.38. The number of benzene rings is 1. The summed E-state index contributed by atoms with van der Waals surface area (Å²) in [6.45, 7) is 0. The Morgan fingerprint density at radius 2 is 2.29 bits per heavy atom. The van der Waals surface area contributed by atoms with E-state index in [2.05, 4.69) is 14.8 Å². The fourth-order valence-corrected chi connectivity index (χ4v) is 2.03. The molecule has 0 saturated heterocycles. The maximum atomic E-state index is 5.08. The van der Waals surface area contributed by atoms with Gasteiger partial charge in [0.15, 0.2) is 0 Å². The molecule has 0 amide bonds. The van der Waals surface area contributed by atoms with Crippen LogP contribution in [0.25, 0.3) is 17.2 Å². The Labute approximate surface area is 83.8 Å². The average Bonchev–Trinajstić information content (AvgIpc) is 2.55. The molecule has 0 saturated carbocycles. The summed E-state index contributed by atoms with van der Waals surface area (Å²) in [5.74, 6) is 0. The zero-order chi connectivity index (χ0) is 9.38. The van der Waals surface area contributed by atoms with E-state index in [1.54, 1.807) is 6.21 Å². The maximum Gasteiger partial charge on any atom is 0.203 e. The van der Waals surface area contributed by atoms with Crippen molar-refractivity contribution >= 4 is 35.3 Å². The van der Waals surface area contributed by atoms with Crippen LogP contribution in [-0.2, 0) is 0 Å². The summed E-state index contributed by atoms with van der Waals surface area (Å²) in [6.07, 6.45) is 5.63. The van der Waals surface area contributed by atoms with Crippen molar-refractivity contribution in [1.29, 1.82) is 0 Å². The summed E-state index contributed by atoms with van der Waals surface area (Å²) < 4.78 is 9.21. The number of aromatic nitrogens is 2. The normalized spacial score (nSPS) is 14.3. The molecule has 0 aliphatic carbocycles. The summed E-state index contributed by atoms with van der Waals surface area (Å²) >= 11 is 1.38. The summed E-state index contributed by atoms with van der Waals surface area (Å²) in [4.78, 5) is 0.970. The van der Waals surface area contributed by atoms with Gasteiger partial charge < -0.3 is 4.52 Å². The Hall–Kier alpha value is -1.62. The average molecular weight is 203 g/mol. The minimum atomic E-state index is 0.705. The second kappa shape index (κ2) is 2.95. The van der Waals surface area contributed by atoms with Crippen LogP contribution in [-0.4, -0.2) is 16.6 Å². The van der Waals surface area contributed by atoms with Crippen LogP contribution in [0.2, 0.25) is 0 Å². The lowest BCUT2D eigenvalue weighted by molar-refractivity contribution is 0.420. The SMILES string of the molecule is C1=Cc2ccc3nnoc3c2SN=C1. The maximum absolute atomic E-state index is 5.08. The molecule has 0 radical (unpaired) electrons. The van der Waals surface area contributed by atoms with Gasteiger partial charge in [-0.25, -0.2) is 4.40 Å². The standard InChI is InChI=1S/C9H5N3OS/c1-2-6-3-4-7-8(13-12-11-7)9(6)14-10-5-1/h1-5H. The van der Waals surface area contributed by atoms with Crippen LogP contribution in [0, 0.1) is 0 Å². The Balaban J connectivity index is 2.38. The molecule has 14 heavy (non-hydrogen) atoms. The molecular weight excluding hydrogens is 198 g/mol. The third-order valence-electron chi connectivity index (χ3n) is 1.97. The van der Waals surface area contributed by atoms with Crippen molar-refractivity contribution < 1.29 is 4.52 Å². The zero-order valence-electron chi connectivity index (χ0n) is 7.04. The van der Waals surface area contributed by atoms with Crippen LogP contribution >= 0.6 is 11.9 Å². The van der Waals surface area contributed by atoms with E-state index in [1.165, 1.54) is 11.9 Å². The highest BCUT2D eigenvalue weighted by Gasteiger charge is 2.12. The predicted molar refractivity (Wildman–Crippen MR) is 55.2 cm³/mol. The number of allylic oxidation sites excluding steroid dienone is 1. The summed E-state index contributed by atoms with van der Waals surface area (Å²) in [6, 6.07) is 3.88. The third-order valence-corrected chi connectivity index (χ3v) is 2.80. The summed E-state index contributed by atoms with van der Waals surface area (Å²) in [5.41, 5.74) is 2.55. The van der Waals surface area contributed by atoms with Crippen molar-refractivity contribution in [1.82, 2.24) is 10.4 Å². The highest BCUT2D eigenvalue weighted by Crippen LogP contribution is 2.32. The molecule has 1 aromatic heterocycles. The van der Waals surface area contributed by atoms with Crippen molar-refractivity contribution in [2.75, 3.05) is 0 Å². The van der Waals surface area contributed by atoms with Gasteiger partial charge in [-0.05, 0) is 17.7 Å². The number of hydrogen-bond acceptors (Lipinski definition) is 5. The lowest BCUT2D eigenvalue weighted by Gasteiger charge is -1.98. The van der Waals surface area contributed by atoms with Crippen molar-refractivity contribution in [3.05, 3.63) is 23.8 Å². The van der Waals surface area contributed by atoms with E-state index in [-0.39, 0.29) is 0 Å². The monoisotopic (exact) mass is 203 g/mol. The van der Waals surface area contributed by atoms with Crippen LogP contribution in [0.3, 0.4) is 0 Å². The van der Waals surface area contributed by atoms with Gasteiger partial charge in [0, 0.05) is 23.4 Å². The molecule has 3 rings (SSSR count). The Morgan fingerprint density at radius 1 is 1.29 bits per heavy atom. The number of hydrogen-bond donors (Lipinski definition) is 0. The molecule has 2 heterocycles. The quantitative estimate of drug-likeness (QED) is 0.616. The molecule has 2 aromatic rings. The fraction of sp³-hybridized carbons (Fsp3) is 0. The van der Waals surface area contributed by atoms with E-state index in [9.17, 15) is 0 Å². The first-order valence-electron chi connectivity index (χ1n) is 4.07. The van der Waals surface area contributed by atoms with Gasteiger partial charge in [0.1, 0.15) is 5.52 Å². The first-order valence-corrected chi connectivity index (χ1v) is 4.84. The molecule has 0 unspecified atom stereocenters. The van der Waals surface area contributed by atoms with Crippen LogP contribution in [0.1, 0.15) is 5.56 Å². The molecule has 0 bridgehead atoms. The molecule has 5 heteroatoms. The minimum Gasteiger partial charge on any atom is -0.336 e. The molecule has 0 fully saturated rings. The second-order valence-corrected chi connectivity index (χ2v) is 3.61. The third kappa shape index (κ3) is 1.06. The van der Waals surface area contributed by atoms with Gasteiger partial charge in [0.05, 0.1) is 4.90 Å². The lowest BCUT2D eigenvalue weighted by atomic mass is 10.2. The number of fused-ring (bicyclic) bond motifs is 3. The van der Waals surface area contributed by atoms with Crippen molar-refractivity contribution in [3.8, 4) is 0 Å². The second-order valence-electron chi connectivity index (χ2n) is 2.81. The molecule has 4 nitrogen and oxygen atoms in total. The highest BCUT2D eigenvalue weighted by molar-refractivity contribution is 7.98. The van der Waals surface area contributed by atoms with E-state index in [4.69, 9.17) is 4.52 Å². The zero-order valence-corrected chi connectivity index (χ0v) is 7.86. The van der Waals surface area contributed by atoms with Gasteiger partial charge in [-0.15, -0.1) is 5.10 Å². The van der Waals surface area contributed by atoms with Crippen LogP contribution in [0.15, 0.2) is 32.0 Å². The number of rotatable bonds is 0. The van der Waals surface area contributed by atoms with E-state index < -0.39 is 0 Å². The van der Waals surface area contributed by atoms with Crippen molar-refractivity contribution in [2.24, 2.45) is 4.40 Å². The Morgan fingerprint density at radius 3 is 3.29 bits per heavy atom. The molecule has 1 aliphatic rings. The fourth-order valence-electron chi connectivity index (χ4n) is 1.33. The largest absolute Gasteiger partial charge is 0.336 e. The smallest absolute Gasteiger partial charge is 0.203 e. The van der Waals surface area contributed by atoms with Gasteiger partial charge >= 0.3 is 0 Å². The van der Waals surface area contributed by atoms with Gasteiger partial charge in [-0.2, -0.15) is 0 Å². The molecule has 0 spiro atoms. The molecule has 0 atom stereocenters. The molecule has 1 aromatic carbocycles. The molecule has 0 N–H and O–H groups in total. The first-order chi connectivity index (χ1) is 6.95. The molecule has 1 aliphatic heterocycles. The first kappa shape index (κ1) is 7.75. The molecule has 68 valence electrons. The predicted octanol–water partition coefficient (Wildman–Crippen LogP) is 2.33. The minimum absolute atomic E-state index is 0.705. The Bertz CT molecular complexity index is 544. The highest BCUT2D eigenvalue weighted by atomic mass is 32.2. The van der Waals surface area contributed by atoms with E-state index >= 15 is 0 Å². The topological polar surface area (TPSA) is 51.3 Å². The van der Waals surface area contributed by atoms with Crippen LogP contribution < -0.4 is 0 Å². The van der Waals surface area contributed by atoms with Crippen molar-refractivity contribution in [3.63, 3.8) is 0 Å². The van der Waals surface area contributed by atoms with Crippen molar-refractivity contribution in [2.45, 2.75) is 4.90 Å². The van der Waals surface area contributed by atoms with E-state index in [0.29, 0.717) is 5.58 Å². The van der Waals surface area contributed by atoms with Gasteiger partial charge in [0.2, 0.25) is 5.58 Å². The summed E-state index contributed by atoms with van der Waals surface area (Å²) in [7, 11) is 0.